The van der Waals surface area contributed by atoms with E-state index in [1.807, 2.05) is 0 Å². The van der Waals surface area contributed by atoms with Crippen molar-refractivity contribution in [3.8, 4) is 23.0 Å². The van der Waals surface area contributed by atoms with Gasteiger partial charge in [-0.05, 0) is 30.3 Å². The van der Waals surface area contributed by atoms with Crippen LogP contribution in [-0.2, 0) is 12.4 Å². The summed E-state index contributed by atoms with van der Waals surface area (Å²) in [7, 11) is 0. The fourth-order valence-electron chi connectivity index (χ4n) is 2.68. The standard InChI is InChI=1S/C20H10F10N2O2/c21-9-1-3-11(31)15(23)17(9)33-13-6-14(34-18-10(22)2-4-12(32)16(18)24)8(20(28,29)30)5-7(13)19(25,26)27/h1-6H,31-32H2. The van der Waals surface area contributed by atoms with Crippen molar-refractivity contribution < 1.29 is 53.4 Å². The molecule has 0 amide bonds. The van der Waals surface area contributed by atoms with Gasteiger partial charge in [0.1, 0.15) is 11.5 Å². The van der Waals surface area contributed by atoms with Crippen LogP contribution < -0.4 is 20.9 Å². The third-order valence-electron chi connectivity index (χ3n) is 4.27. The van der Waals surface area contributed by atoms with Crippen LogP contribution in [0.15, 0.2) is 36.4 Å². The number of halogens is 10. The number of nitrogens with two attached hydrogens (primary N) is 2. The van der Waals surface area contributed by atoms with E-state index in [1.54, 1.807) is 0 Å². The smallest absolute Gasteiger partial charge is 0.420 e. The van der Waals surface area contributed by atoms with Gasteiger partial charge >= 0.3 is 12.4 Å². The maximum atomic E-state index is 14.1. The summed E-state index contributed by atoms with van der Waals surface area (Å²) in [5.74, 6) is -12.5. The lowest BCUT2D eigenvalue weighted by molar-refractivity contribution is -0.144. The van der Waals surface area contributed by atoms with E-state index < -0.39 is 87.2 Å². The summed E-state index contributed by atoms with van der Waals surface area (Å²) in [6, 6.07) is 1.91. The van der Waals surface area contributed by atoms with Crippen molar-refractivity contribution in [1.82, 2.24) is 0 Å². The van der Waals surface area contributed by atoms with Crippen molar-refractivity contribution >= 4 is 11.4 Å². The van der Waals surface area contributed by atoms with Gasteiger partial charge in [0.25, 0.3) is 0 Å². The van der Waals surface area contributed by atoms with E-state index in [4.69, 9.17) is 11.5 Å². The highest BCUT2D eigenvalue weighted by Crippen LogP contribution is 2.48. The van der Waals surface area contributed by atoms with Gasteiger partial charge in [-0.3, -0.25) is 0 Å². The number of hydrogen-bond donors (Lipinski definition) is 2. The third-order valence-corrected chi connectivity index (χ3v) is 4.27. The first-order chi connectivity index (χ1) is 15.6. The predicted octanol–water partition coefficient (Wildman–Crippen LogP) is 7.03. The number of rotatable bonds is 4. The first kappa shape index (κ1) is 24.8. The Morgan fingerprint density at radius 1 is 0.559 bits per heavy atom. The average Bonchev–Trinajstić information content (AvgIpc) is 2.72. The zero-order chi connectivity index (χ0) is 25.6. The summed E-state index contributed by atoms with van der Waals surface area (Å²) >= 11 is 0. The largest absolute Gasteiger partial charge is 0.450 e. The van der Waals surface area contributed by atoms with Crippen molar-refractivity contribution in [2.24, 2.45) is 0 Å². The highest BCUT2D eigenvalue weighted by molar-refractivity contribution is 5.55. The van der Waals surface area contributed by atoms with Crippen molar-refractivity contribution in [3.63, 3.8) is 0 Å². The predicted molar refractivity (Wildman–Crippen MR) is 98.1 cm³/mol. The minimum Gasteiger partial charge on any atom is -0.450 e. The molecule has 14 heteroatoms. The van der Waals surface area contributed by atoms with Crippen molar-refractivity contribution in [3.05, 3.63) is 70.8 Å². The first-order valence-corrected chi connectivity index (χ1v) is 8.76. The Morgan fingerprint density at radius 3 is 1.24 bits per heavy atom. The zero-order valence-corrected chi connectivity index (χ0v) is 16.2. The second-order valence-corrected chi connectivity index (χ2v) is 6.60. The zero-order valence-electron chi connectivity index (χ0n) is 16.2. The van der Waals surface area contributed by atoms with E-state index in [0.717, 1.165) is 12.1 Å². The molecule has 0 unspecified atom stereocenters. The Balaban J connectivity index is 2.28. The molecule has 0 aliphatic rings. The molecule has 0 spiro atoms. The molecule has 0 aliphatic carbocycles. The molecule has 0 aromatic heterocycles. The Kier molecular flexibility index (Phi) is 6.20. The van der Waals surface area contributed by atoms with E-state index in [1.165, 1.54) is 0 Å². The van der Waals surface area contributed by atoms with Gasteiger partial charge in [-0.25, -0.2) is 17.6 Å². The molecule has 0 radical (unpaired) electrons. The highest BCUT2D eigenvalue weighted by Gasteiger charge is 2.42. The van der Waals surface area contributed by atoms with Gasteiger partial charge in [0.05, 0.1) is 22.5 Å². The SMILES string of the molecule is Nc1ccc(F)c(Oc2cc(Oc3c(F)ccc(N)c3F)c(C(F)(F)F)cc2C(F)(F)F)c1F. The molecule has 0 aliphatic heterocycles. The lowest BCUT2D eigenvalue weighted by atomic mass is 10.1. The molecule has 0 saturated heterocycles. The number of ether oxygens (including phenoxy) is 2. The van der Waals surface area contributed by atoms with Crippen LogP contribution in [0.5, 0.6) is 23.0 Å². The number of hydrogen-bond acceptors (Lipinski definition) is 4. The number of benzene rings is 3. The molecular formula is C20H10F10N2O2. The van der Waals surface area contributed by atoms with Crippen LogP contribution in [-0.4, -0.2) is 0 Å². The summed E-state index contributed by atoms with van der Waals surface area (Å²) in [6.45, 7) is 0. The molecule has 0 bridgehead atoms. The Labute approximate surface area is 183 Å². The maximum Gasteiger partial charge on any atom is 0.420 e. The molecule has 0 heterocycles. The summed E-state index contributed by atoms with van der Waals surface area (Å²) in [6.07, 6.45) is -11.1. The summed E-state index contributed by atoms with van der Waals surface area (Å²) < 4.78 is 146. The lowest BCUT2D eigenvalue weighted by Crippen LogP contribution is -2.14. The molecule has 3 aromatic carbocycles. The van der Waals surface area contributed by atoms with Gasteiger partial charge in [-0.2, -0.15) is 26.3 Å². The Hall–Kier alpha value is -3.84. The van der Waals surface area contributed by atoms with Crippen LogP contribution in [0.1, 0.15) is 11.1 Å². The normalized spacial score (nSPS) is 12.1. The van der Waals surface area contributed by atoms with Gasteiger partial charge in [-0.15, -0.1) is 0 Å². The molecule has 3 aromatic rings. The lowest BCUT2D eigenvalue weighted by Gasteiger charge is -2.20. The minimum absolute atomic E-state index is 0.0736. The van der Waals surface area contributed by atoms with Crippen LogP contribution in [0.25, 0.3) is 0 Å². The van der Waals surface area contributed by atoms with Crippen LogP contribution in [0.4, 0.5) is 55.3 Å². The van der Waals surface area contributed by atoms with Gasteiger partial charge in [0.15, 0.2) is 23.3 Å². The number of alkyl halides is 6. The molecule has 4 nitrogen and oxygen atoms in total. The molecule has 4 N–H and O–H groups in total. The van der Waals surface area contributed by atoms with E-state index >= 15 is 0 Å². The van der Waals surface area contributed by atoms with Crippen LogP contribution in [0.2, 0.25) is 0 Å². The topological polar surface area (TPSA) is 70.5 Å². The second-order valence-electron chi connectivity index (χ2n) is 6.60. The Bertz CT molecular complexity index is 1160. The molecule has 0 atom stereocenters. The summed E-state index contributed by atoms with van der Waals surface area (Å²) in [5, 5.41) is 0. The third kappa shape index (κ3) is 4.75. The monoisotopic (exact) mass is 500 g/mol. The van der Waals surface area contributed by atoms with Gasteiger partial charge in [0.2, 0.25) is 11.5 Å². The Morgan fingerprint density at radius 2 is 0.912 bits per heavy atom. The van der Waals surface area contributed by atoms with E-state index in [0.29, 0.717) is 12.1 Å². The fraction of sp³-hybridized carbons (Fsp3) is 0.100. The van der Waals surface area contributed by atoms with Crippen molar-refractivity contribution in [2.45, 2.75) is 12.4 Å². The van der Waals surface area contributed by atoms with Gasteiger partial charge in [-0.1, -0.05) is 0 Å². The molecule has 182 valence electrons. The van der Waals surface area contributed by atoms with Crippen molar-refractivity contribution in [1.29, 1.82) is 0 Å². The molecule has 3 rings (SSSR count). The number of nitrogen functional groups attached to an aromatic ring is 2. The molecule has 34 heavy (non-hydrogen) atoms. The molecule has 0 saturated carbocycles. The summed E-state index contributed by atoms with van der Waals surface area (Å²) in [5.41, 5.74) is 4.68. The van der Waals surface area contributed by atoms with Crippen LogP contribution >= 0.6 is 0 Å². The quantitative estimate of drug-likeness (QED) is 0.298. The number of anilines is 2. The van der Waals surface area contributed by atoms with Gasteiger partial charge in [0, 0.05) is 6.07 Å². The maximum absolute atomic E-state index is 14.1. The second kappa shape index (κ2) is 8.50. The van der Waals surface area contributed by atoms with Crippen molar-refractivity contribution in [2.75, 3.05) is 11.5 Å². The fourth-order valence-corrected chi connectivity index (χ4v) is 2.68. The van der Waals surface area contributed by atoms with Crippen LogP contribution in [0, 0.1) is 23.3 Å². The van der Waals surface area contributed by atoms with E-state index in [9.17, 15) is 43.9 Å². The van der Waals surface area contributed by atoms with E-state index in [-0.39, 0.29) is 6.07 Å². The molecular weight excluding hydrogens is 490 g/mol. The first-order valence-electron chi connectivity index (χ1n) is 8.76. The highest BCUT2D eigenvalue weighted by atomic mass is 19.4. The minimum atomic E-state index is -5.53. The summed E-state index contributed by atoms with van der Waals surface area (Å²) in [4.78, 5) is 0. The molecule has 0 fully saturated rings. The average molecular weight is 500 g/mol. The van der Waals surface area contributed by atoms with Gasteiger partial charge < -0.3 is 20.9 Å². The van der Waals surface area contributed by atoms with Crippen LogP contribution in [0.3, 0.4) is 0 Å². The van der Waals surface area contributed by atoms with E-state index in [2.05, 4.69) is 9.47 Å².